The van der Waals surface area contributed by atoms with Gasteiger partial charge in [-0.05, 0) is 100 Å². The minimum absolute atomic E-state index is 0.712. The van der Waals surface area contributed by atoms with Crippen molar-refractivity contribution in [3.63, 3.8) is 0 Å². The van der Waals surface area contributed by atoms with Crippen LogP contribution in [0.5, 0.6) is 23.0 Å². The second-order valence-corrected chi connectivity index (χ2v) is 9.84. The lowest BCUT2D eigenvalue weighted by Crippen LogP contribution is -2.30. The van der Waals surface area contributed by atoms with Crippen molar-refractivity contribution in [2.75, 3.05) is 52.5 Å². The summed E-state index contributed by atoms with van der Waals surface area (Å²) in [6.07, 6.45) is 9.93. The zero-order valence-electron chi connectivity index (χ0n) is 24.1. The number of rotatable bonds is 22. The highest BCUT2D eigenvalue weighted by atomic mass is 16.5. The lowest BCUT2D eigenvalue weighted by molar-refractivity contribution is 0.204. The number of hydrogen-bond acceptors (Lipinski definition) is 5. The summed E-state index contributed by atoms with van der Waals surface area (Å²) in [5, 5.41) is 0. The molecular formula is C32H52N2O3. The zero-order chi connectivity index (χ0) is 26.6. The third-order valence-electron chi connectivity index (χ3n) is 6.55. The average molecular weight is 513 g/mol. The molecule has 5 nitrogen and oxygen atoms in total. The number of ether oxygens (including phenoxy) is 3. The van der Waals surface area contributed by atoms with Crippen LogP contribution in [0, 0.1) is 0 Å². The number of hydrogen-bond donors (Lipinski definition) is 0. The van der Waals surface area contributed by atoms with Gasteiger partial charge in [0.15, 0.2) is 0 Å². The van der Waals surface area contributed by atoms with Crippen LogP contribution < -0.4 is 14.2 Å². The van der Waals surface area contributed by atoms with E-state index in [1.54, 1.807) is 0 Å². The molecule has 2 aromatic carbocycles. The van der Waals surface area contributed by atoms with Crippen molar-refractivity contribution in [2.45, 2.75) is 79.1 Å². The summed E-state index contributed by atoms with van der Waals surface area (Å²) in [6.45, 7) is 17.0. The van der Waals surface area contributed by atoms with Gasteiger partial charge in [-0.25, -0.2) is 0 Å². The fraction of sp³-hybridized carbons (Fsp3) is 0.625. The van der Waals surface area contributed by atoms with E-state index in [0.717, 1.165) is 62.3 Å². The van der Waals surface area contributed by atoms with Crippen LogP contribution in [0.25, 0.3) is 0 Å². The highest BCUT2D eigenvalue weighted by molar-refractivity contribution is 5.37. The monoisotopic (exact) mass is 512 g/mol. The van der Waals surface area contributed by atoms with Gasteiger partial charge in [-0.3, -0.25) is 9.80 Å². The molecule has 0 unspecified atom stereocenters. The predicted molar refractivity (Wildman–Crippen MR) is 156 cm³/mol. The van der Waals surface area contributed by atoms with E-state index in [-0.39, 0.29) is 0 Å². The molecule has 208 valence electrons. The Morgan fingerprint density at radius 2 is 0.730 bits per heavy atom. The van der Waals surface area contributed by atoms with Crippen molar-refractivity contribution < 1.29 is 14.2 Å². The van der Waals surface area contributed by atoms with Crippen molar-refractivity contribution in [1.82, 2.24) is 9.80 Å². The quantitative estimate of drug-likeness (QED) is 0.159. The van der Waals surface area contributed by atoms with Crippen molar-refractivity contribution in [3.8, 4) is 23.0 Å². The molecule has 0 radical (unpaired) electrons. The summed E-state index contributed by atoms with van der Waals surface area (Å²) < 4.78 is 18.0. The normalized spacial score (nSPS) is 11.3. The molecule has 2 aromatic rings. The number of benzene rings is 2. The third kappa shape index (κ3) is 13.8. The minimum Gasteiger partial charge on any atom is -0.492 e. The molecule has 0 saturated heterocycles. The molecule has 0 fully saturated rings. The predicted octanol–water partition coefficient (Wildman–Crippen LogP) is 8.04. The molecule has 0 bridgehead atoms. The Hall–Kier alpha value is -2.24. The van der Waals surface area contributed by atoms with Gasteiger partial charge < -0.3 is 14.2 Å². The van der Waals surface area contributed by atoms with E-state index >= 15 is 0 Å². The molecule has 0 N–H and O–H groups in total. The summed E-state index contributed by atoms with van der Waals surface area (Å²) in [6, 6.07) is 15.8. The second-order valence-electron chi connectivity index (χ2n) is 9.84. The Morgan fingerprint density at radius 3 is 1.03 bits per heavy atom. The van der Waals surface area contributed by atoms with Gasteiger partial charge in [-0.1, -0.05) is 53.4 Å². The van der Waals surface area contributed by atoms with E-state index < -0.39 is 0 Å². The van der Waals surface area contributed by atoms with Crippen LogP contribution >= 0.6 is 0 Å². The van der Waals surface area contributed by atoms with Crippen LogP contribution in [0.3, 0.4) is 0 Å². The van der Waals surface area contributed by atoms with E-state index in [4.69, 9.17) is 14.2 Å². The Morgan fingerprint density at radius 1 is 0.432 bits per heavy atom. The number of unbranched alkanes of at least 4 members (excludes halogenated alkanes) is 4. The van der Waals surface area contributed by atoms with E-state index in [9.17, 15) is 0 Å². The first kappa shape index (κ1) is 31.0. The fourth-order valence-electron chi connectivity index (χ4n) is 4.13. The fourth-order valence-corrected chi connectivity index (χ4v) is 4.13. The number of nitrogens with zero attached hydrogens (tertiary/aromatic N) is 2. The molecule has 0 amide bonds. The Kier molecular flexibility index (Phi) is 16.6. The van der Waals surface area contributed by atoms with Gasteiger partial charge in [-0.2, -0.15) is 0 Å². The molecule has 0 aliphatic rings. The van der Waals surface area contributed by atoms with Crippen molar-refractivity contribution in [3.05, 3.63) is 48.5 Å². The van der Waals surface area contributed by atoms with E-state index in [1.807, 2.05) is 48.5 Å². The van der Waals surface area contributed by atoms with Gasteiger partial charge in [0.05, 0.1) is 0 Å². The van der Waals surface area contributed by atoms with E-state index in [0.29, 0.717) is 13.2 Å². The molecule has 37 heavy (non-hydrogen) atoms. The van der Waals surface area contributed by atoms with Crippen LogP contribution in [0.15, 0.2) is 48.5 Å². The summed E-state index contributed by atoms with van der Waals surface area (Å²) >= 11 is 0. The van der Waals surface area contributed by atoms with Crippen molar-refractivity contribution in [1.29, 1.82) is 0 Å². The van der Waals surface area contributed by atoms with Gasteiger partial charge in [0.2, 0.25) is 0 Å². The van der Waals surface area contributed by atoms with Crippen molar-refractivity contribution >= 4 is 0 Å². The van der Waals surface area contributed by atoms with Gasteiger partial charge in [0.1, 0.15) is 36.2 Å². The van der Waals surface area contributed by atoms with Gasteiger partial charge >= 0.3 is 0 Å². The standard InChI is InChI=1S/C32H52N2O3/c1-5-9-21-33(22-10-6-2)25-27-35-29-13-17-31(18-14-29)37-32-19-15-30(16-20-32)36-28-26-34(23-11-7-3)24-12-8-4/h13-20H,5-12,21-28H2,1-4H3. The molecule has 0 heterocycles. The lowest BCUT2D eigenvalue weighted by atomic mass is 10.2. The molecule has 0 aliphatic heterocycles. The highest BCUT2D eigenvalue weighted by Crippen LogP contribution is 2.25. The minimum atomic E-state index is 0.712. The second kappa shape index (κ2) is 19.8. The smallest absolute Gasteiger partial charge is 0.127 e. The van der Waals surface area contributed by atoms with E-state index in [1.165, 1.54) is 51.4 Å². The zero-order valence-corrected chi connectivity index (χ0v) is 24.1. The van der Waals surface area contributed by atoms with Gasteiger partial charge in [0, 0.05) is 13.1 Å². The first-order valence-corrected chi connectivity index (χ1v) is 14.8. The molecule has 0 saturated carbocycles. The SMILES string of the molecule is CCCCN(CCCC)CCOc1ccc(Oc2ccc(OCCN(CCCC)CCCC)cc2)cc1. The summed E-state index contributed by atoms with van der Waals surface area (Å²) in [5.41, 5.74) is 0. The Labute approximate surface area is 227 Å². The summed E-state index contributed by atoms with van der Waals surface area (Å²) in [7, 11) is 0. The lowest BCUT2D eigenvalue weighted by Gasteiger charge is -2.22. The highest BCUT2D eigenvalue weighted by Gasteiger charge is 2.06. The topological polar surface area (TPSA) is 34.2 Å². The molecule has 0 aliphatic carbocycles. The molecule has 0 atom stereocenters. The van der Waals surface area contributed by atoms with Crippen LogP contribution in [0.1, 0.15) is 79.1 Å². The molecule has 0 aromatic heterocycles. The maximum atomic E-state index is 6.02. The summed E-state index contributed by atoms with van der Waals surface area (Å²) in [4.78, 5) is 5.04. The van der Waals surface area contributed by atoms with Crippen LogP contribution in [0.4, 0.5) is 0 Å². The molecule has 5 heteroatoms. The van der Waals surface area contributed by atoms with E-state index in [2.05, 4.69) is 37.5 Å². The summed E-state index contributed by atoms with van der Waals surface area (Å²) in [5.74, 6) is 3.37. The maximum absolute atomic E-state index is 6.02. The van der Waals surface area contributed by atoms with Gasteiger partial charge in [0.25, 0.3) is 0 Å². The van der Waals surface area contributed by atoms with Gasteiger partial charge in [-0.15, -0.1) is 0 Å². The van der Waals surface area contributed by atoms with Crippen LogP contribution in [-0.4, -0.2) is 62.3 Å². The van der Waals surface area contributed by atoms with Crippen LogP contribution in [-0.2, 0) is 0 Å². The molecule has 2 rings (SSSR count). The van der Waals surface area contributed by atoms with Crippen LogP contribution in [0.2, 0.25) is 0 Å². The molecular weight excluding hydrogens is 460 g/mol. The first-order valence-electron chi connectivity index (χ1n) is 14.8. The molecule has 0 spiro atoms. The first-order chi connectivity index (χ1) is 18.2. The third-order valence-corrected chi connectivity index (χ3v) is 6.55. The van der Waals surface area contributed by atoms with Crippen molar-refractivity contribution in [2.24, 2.45) is 0 Å². The Balaban J connectivity index is 1.74. The Bertz CT molecular complexity index is 711. The maximum Gasteiger partial charge on any atom is 0.127 e. The largest absolute Gasteiger partial charge is 0.492 e. The average Bonchev–Trinajstić information content (AvgIpc) is 2.93.